The van der Waals surface area contributed by atoms with E-state index >= 15 is 0 Å². The quantitative estimate of drug-likeness (QED) is 0.932. The highest BCUT2D eigenvalue weighted by molar-refractivity contribution is 7.12. The fourth-order valence-corrected chi connectivity index (χ4v) is 2.49. The lowest BCUT2D eigenvalue weighted by Gasteiger charge is -2.09. The molecule has 0 fully saturated rings. The summed E-state index contributed by atoms with van der Waals surface area (Å²) in [5, 5.41) is 4.75. The molecular formula is C14H15NO3S. The first-order valence-corrected chi connectivity index (χ1v) is 6.60. The van der Waals surface area contributed by atoms with Crippen LogP contribution in [0.4, 0.5) is 5.69 Å². The highest BCUT2D eigenvalue weighted by Crippen LogP contribution is 2.26. The fourth-order valence-electron chi connectivity index (χ4n) is 1.67. The Balaban J connectivity index is 2.23. The molecule has 1 aromatic carbocycles. The van der Waals surface area contributed by atoms with E-state index in [9.17, 15) is 4.79 Å². The average molecular weight is 277 g/mol. The summed E-state index contributed by atoms with van der Waals surface area (Å²) < 4.78 is 10.3. The number of nitrogens with one attached hydrogen (secondary N) is 1. The summed E-state index contributed by atoms with van der Waals surface area (Å²) in [5.74, 6) is 1.15. The van der Waals surface area contributed by atoms with Crippen LogP contribution in [-0.2, 0) is 0 Å². The van der Waals surface area contributed by atoms with Gasteiger partial charge >= 0.3 is 0 Å². The monoisotopic (exact) mass is 277 g/mol. The van der Waals surface area contributed by atoms with Crippen molar-refractivity contribution in [3.05, 3.63) is 40.1 Å². The van der Waals surface area contributed by atoms with Gasteiger partial charge in [0.1, 0.15) is 11.5 Å². The Hall–Kier alpha value is -2.01. The Bertz CT molecular complexity index is 570. The number of anilines is 1. The van der Waals surface area contributed by atoms with Crippen molar-refractivity contribution in [1.29, 1.82) is 0 Å². The molecule has 2 rings (SSSR count). The van der Waals surface area contributed by atoms with Crippen molar-refractivity contribution < 1.29 is 14.3 Å². The molecule has 0 unspecified atom stereocenters. The summed E-state index contributed by atoms with van der Waals surface area (Å²) in [6.45, 7) is 1.91. The first-order chi connectivity index (χ1) is 9.13. The number of hydrogen-bond donors (Lipinski definition) is 1. The lowest BCUT2D eigenvalue weighted by atomic mass is 10.2. The van der Waals surface area contributed by atoms with E-state index in [1.54, 1.807) is 32.4 Å². The van der Waals surface area contributed by atoms with Gasteiger partial charge in [0.05, 0.1) is 19.1 Å². The van der Waals surface area contributed by atoms with Gasteiger partial charge < -0.3 is 14.8 Å². The molecule has 1 heterocycles. The minimum atomic E-state index is -0.122. The minimum Gasteiger partial charge on any atom is -0.497 e. The number of aryl methyl sites for hydroxylation is 1. The zero-order chi connectivity index (χ0) is 13.8. The average Bonchev–Trinajstić information content (AvgIpc) is 2.84. The van der Waals surface area contributed by atoms with Gasteiger partial charge in [-0.2, -0.15) is 0 Å². The summed E-state index contributed by atoms with van der Waals surface area (Å²) in [5.41, 5.74) is 1.62. The predicted octanol–water partition coefficient (Wildman–Crippen LogP) is 3.33. The molecular weight excluding hydrogens is 262 g/mol. The van der Waals surface area contributed by atoms with E-state index in [-0.39, 0.29) is 5.91 Å². The van der Waals surface area contributed by atoms with Crippen LogP contribution in [0, 0.1) is 6.92 Å². The molecule has 1 amide bonds. The van der Waals surface area contributed by atoms with Gasteiger partial charge in [-0.15, -0.1) is 11.3 Å². The summed E-state index contributed by atoms with van der Waals surface area (Å²) in [4.78, 5) is 12.8. The fraction of sp³-hybridized carbons (Fsp3) is 0.214. The Morgan fingerprint density at radius 2 is 1.79 bits per heavy atom. The Labute approximate surface area is 116 Å². The molecule has 0 radical (unpaired) electrons. The number of carbonyl (C=O) groups is 1. The third-order valence-corrected chi connectivity index (χ3v) is 3.69. The molecule has 0 aliphatic heterocycles. The van der Waals surface area contributed by atoms with E-state index in [1.807, 2.05) is 18.4 Å². The van der Waals surface area contributed by atoms with Crippen LogP contribution in [0.25, 0.3) is 0 Å². The van der Waals surface area contributed by atoms with Gasteiger partial charge in [-0.25, -0.2) is 0 Å². The van der Waals surface area contributed by atoms with Crippen molar-refractivity contribution in [2.45, 2.75) is 6.92 Å². The van der Waals surface area contributed by atoms with Crippen LogP contribution in [0.15, 0.2) is 29.6 Å². The summed E-state index contributed by atoms with van der Waals surface area (Å²) in [6.07, 6.45) is 0. The van der Waals surface area contributed by atoms with Crippen molar-refractivity contribution >= 4 is 22.9 Å². The molecule has 4 nitrogen and oxygen atoms in total. The summed E-state index contributed by atoms with van der Waals surface area (Å²) >= 11 is 1.42. The van der Waals surface area contributed by atoms with Gasteiger partial charge in [-0.3, -0.25) is 4.79 Å². The topological polar surface area (TPSA) is 47.6 Å². The van der Waals surface area contributed by atoms with Crippen LogP contribution < -0.4 is 14.8 Å². The molecule has 0 aliphatic carbocycles. The highest BCUT2D eigenvalue weighted by atomic mass is 32.1. The van der Waals surface area contributed by atoms with E-state index in [2.05, 4.69) is 5.32 Å². The number of ether oxygens (including phenoxy) is 2. The molecule has 100 valence electrons. The number of carbonyl (C=O) groups excluding carboxylic acids is 1. The van der Waals surface area contributed by atoms with Crippen molar-refractivity contribution in [3.63, 3.8) is 0 Å². The summed E-state index contributed by atoms with van der Waals surface area (Å²) in [7, 11) is 3.15. The Morgan fingerprint density at radius 3 is 2.26 bits per heavy atom. The lowest BCUT2D eigenvalue weighted by molar-refractivity contribution is 0.103. The second-order valence-corrected chi connectivity index (χ2v) is 4.90. The van der Waals surface area contributed by atoms with Crippen LogP contribution in [0.3, 0.4) is 0 Å². The third-order valence-electron chi connectivity index (χ3n) is 2.68. The number of hydrogen-bond acceptors (Lipinski definition) is 4. The van der Waals surface area contributed by atoms with Gasteiger partial charge in [0.2, 0.25) is 0 Å². The zero-order valence-corrected chi connectivity index (χ0v) is 11.8. The number of thiophene rings is 1. The van der Waals surface area contributed by atoms with Gasteiger partial charge in [-0.1, -0.05) is 0 Å². The zero-order valence-electron chi connectivity index (χ0n) is 11.0. The molecule has 0 aliphatic rings. The molecule has 0 saturated carbocycles. The van der Waals surface area contributed by atoms with Crippen molar-refractivity contribution in [2.75, 3.05) is 19.5 Å². The smallest absolute Gasteiger partial charge is 0.266 e. The Kier molecular flexibility index (Phi) is 4.06. The maximum atomic E-state index is 12.1. The second kappa shape index (κ2) is 5.75. The third kappa shape index (κ3) is 3.06. The maximum absolute atomic E-state index is 12.1. The van der Waals surface area contributed by atoms with Crippen molar-refractivity contribution in [2.24, 2.45) is 0 Å². The van der Waals surface area contributed by atoms with Gasteiger partial charge in [0.25, 0.3) is 5.91 Å². The molecule has 5 heteroatoms. The molecule has 0 spiro atoms. The largest absolute Gasteiger partial charge is 0.497 e. The number of methoxy groups -OCH3 is 2. The predicted molar refractivity (Wildman–Crippen MR) is 76.6 cm³/mol. The van der Waals surface area contributed by atoms with Crippen LogP contribution >= 0.6 is 11.3 Å². The van der Waals surface area contributed by atoms with E-state index in [1.165, 1.54) is 11.3 Å². The molecule has 0 bridgehead atoms. The molecule has 2 aromatic rings. The van der Waals surface area contributed by atoms with E-state index < -0.39 is 0 Å². The highest BCUT2D eigenvalue weighted by Gasteiger charge is 2.11. The lowest BCUT2D eigenvalue weighted by Crippen LogP contribution is -2.11. The van der Waals surface area contributed by atoms with Crippen LogP contribution in [0.1, 0.15) is 15.2 Å². The summed E-state index contributed by atoms with van der Waals surface area (Å²) in [6, 6.07) is 7.19. The second-order valence-electron chi connectivity index (χ2n) is 3.99. The first-order valence-electron chi connectivity index (χ1n) is 5.72. The minimum absolute atomic E-state index is 0.122. The van der Waals surface area contributed by atoms with Crippen LogP contribution in [-0.4, -0.2) is 20.1 Å². The number of rotatable bonds is 4. The van der Waals surface area contributed by atoms with Gasteiger partial charge in [0, 0.05) is 23.9 Å². The van der Waals surface area contributed by atoms with Crippen LogP contribution in [0.2, 0.25) is 0 Å². The van der Waals surface area contributed by atoms with Crippen LogP contribution in [0.5, 0.6) is 11.5 Å². The standard InChI is InChI=1S/C14H15NO3S/c1-9-4-5-19-13(9)14(16)15-10-6-11(17-2)8-12(7-10)18-3/h4-8H,1-3H3,(H,15,16). The number of benzene rings is 1. The molecule has 19 heavy (non-hydrogen) atoms. The van der Waals surface area contributed by atoms with Crippen molar-refractivity contribution in [1.82, 2.24) is 0 Å². The van der Waals surface area contributed by atoms with E-state index in [0.29, 0.717) is 22.1 Å². The molecule has 0 atom stereocenters. The molecule has 0 saturated heterocycles. The molecule has 1 aromatic heterocycles. The molecule has 1 N–H and O–H groups in total. The van der Waals surface area contributed by atoms with Crippen molar-refractivity contribution in [3.8, 4) is 11.5 Å². The van der Waals surface area contributed by atoms with E-state index in [4.69, 9.17) is 9.47 Å². The van der Waals surface area contributed by atoms with Gasteiger partial charge in [-0.05, 0) is 23.9 Å². The Morgan fingerprint density at radius 1 is 1.16 bits per heavy atom. The van der Waals surface area contributed by atoms with Gasteiger partial charge in [0.15, 0.2) is 0 Å². The maximum Gasteiger partial charge on any atom is 0.266 e. The normalized spacial score (nSPS) is 10.1. The first kappa shape index (κ1) is 13.4. The van der Waals surface area contributed by atoms with E-state index in [0.717, 1.165) is 5.56 Å². The SMILES string of the molecule is COc1cc(NC(=O)c2sccc2C)cc(OC)c1. The number of amides is 1.